The smallest absolute Gasteiger partial charge is 0.329 e. The molecule has 24 nitrogen and oxygen atoms in total. The fourth-order valence-corrected chi connectivity index (χ4v) is 6.35. The second kappa shape index (κ2) is 36.2. The maximum Gasteiger partial charge on any atom is 0.329 e. The first-order valence-electron chi connectivity index (χ1n) is 24.1. The summed E-state index contributed by atoms with van der Waals surface area (Å²) in [4.78, 5) is 78.7. The Morgan fingerprint density at radius 2 is 1.21 bits per heavy atom. The van der Waals surface area contributed by atoms with E-state index in [9.17, 15) is 24.0 Å². The van der Waals surface area contributed by atoms with Crippen LogP contribution in [-0.4, -0.2) is 186 Å². The van der Waals surface area contributed by atoms with Crippen molar-refractivity contribution in [3.63, 3.8) is 0 Å². The second-order valence-electron chi connectivity index (χ2n) is 17.2. The Morgan fingerprint density at radius 3 is 1.73 bits per heavy atom. The normalized spacial score (nSPS) is 11.7. The van der Waals surface area contributed by atoms with E-state index in [1.807, 2.05) is 0 Å². The van der Waals surface area contributed by atoms with Gasteiger partial charge in [-0.25, -0.2) is 14.8 Å². The summed E-state index contributed by atoms with van der Waals surface area (Å²) < 4.78 is 55.1. The highest BCUT2D eigenvalue weighted by Crippen LogP contribution is 2.15. The lowest BCUT2D eigenvalue weighted by molar-refractivity contribution is -0.157. The van der Waals surface area contributed by atoms with Gasteiger partial charge in [0.25, 0.3) is 11.5 Å². The standard InChI is InChI=1S/C51H71N9O15/c1-7-18-72-35-51(36-73-19-8-2,37-74-20-9-3)60-43(62)16-21-66-23-25-68-27-29-70-31-32-71-30-28-69-26-24-67-22-17-53-42(61)15-14-41(48(65)75-50(4,5)6)57-46(63)38-10-12-39(13-11-38)54-33-40-34-55-45-44(56-40)47(64)59-49(52)58-45/h1-3,10-13,34,41,54H,14-33,35-37H2,4-6H3,(H,53,61)(H,57,63)(H,60,62)(H3,52,55,58,59,64)/t41-/m0/s1. The van der Waals surface area contributed by atoms with Crippen LogP contribution in [0.3, 0.4) is 0 Å². The summed E-state index contributed by atoms with van der Waals surface area (Å²) >= 11 is 0. The van der Waals surface area contributed by atoms with E-state index in [4.69, 9.17) is 72.4 Å². The number of carbonyl (C=O) groups excluding carboxylic acids is 4. The Bertz CT molecular complexity index is 2330. The molecule has 0 bridgehead atoms. The molecule has 0 radical (unpaired) electrons. The first kappa shape index (κ1) is 62.5. The Morgan fingerprint density at radius 1 is 0.693 bits per heavy atom. The number of rotatable bonds is 40. The number of terminal acetylenes is 3. The van der Waals surface area contributed by atoms with Gasteiger partial charge >= 0.3 is 5.97 Å². The molecule has 3 rings (SSSR count). The van der Waals surface area contributed by atoms with Crippen LogP contribution in [0.25, 0.3) is 11.2 Å². The number of nitrogens with two attached hydrogens (primary N) is 1. The van der Waals surface area contributed by atoms with Gasteiger partial charge in [-0.1, -0.05) is 17.8 Å². The minimum absolute atomic E-state index is 0.00231. The van der Waals surface area contributed by atoms with Crippen LogP contribution in [0.5, 0.6) is 0 Å². The number of hydrogen-bond donors (Lipinski definition) is 6. The van der Waals surface area contributed by atoms with Crippen LogP contribution >= 0.6 is 0 Å². The molecule has 3 aromatic rings. The molecule has 3 amide bonds. The zero-order valence-electron chi connectivity index (χ0n) is 43.0. The van der Waals surface area contributed by atoms with Gasteiger partial charge in [0.1, 0.15) is 37.0 Å². The first-order valence-corrected chi connectivity index (χ1v) is 24.1. The topological polar surface area (TPSA) is 306 Å². The lowest BCUT2D eigenvalue weighted by Gasteiger charge is -2.33. The number of carbonyl (C=O) groups is 4. The van der Waals surface area contributed by atoms with Crippen molar-refractivity contribution < 1.29 is 66.5 Å². The highest BCUT2D eigenvalue weighted by molar-refractivity contribution is 5.97. The van der Waals surface area contributed by atoms with Crippen LogP contribution in [0.15, 0.2) is 35.3 Å². The lowest BCUT2D eigenvalue weighted by atomic mass is 10.0. The molecule has 0 spiro atoms. The number of nitrogens with zero attached hydrogens (tertiary/aromatic N) is 3. The molecule has 0 aliphatic heterocycles. The number of nitrogens with one attached hydrogen (secondary N) is 5. The van der Waals surface area contributed by atoms with Crippen molar-refractivity contribution in [3.8, 4) is 37.0 Å². The minimum Gasteiger partial charge on any atom is -0.458 e. The van der Waals surface area contributed by atoms with Crippen molar-refractivity contribution in [2.45, 2.75) is 63.8 Å². The zero-order valence-corrected chi connectivity index (χ0v) is 43.0. The highest BCUT2D eigenvalue weighted by Gasteiger charge is 2.34. The van der Waals surface area contributed by atoms with E-state index in [-0.39, 0.29) is 126 Å². The molecule has 0 aliphatic rings. The van der Waals surface area contributed by atoms with Crippen LogP contribution in [0.2, 0.25) is 0 Å². The van der Waals surface area contributed by atoms with Crippen molar-refractivity contribution in [1.29, 1.82) is 0 Å². The number of benzene rings is 1. The van der Waals surface area contributed by atoms with E-state index < -0.39 is 34.6 Å². The number of ether oxygens (including phenoxy) is 10. The quantitative estimate of drug-likeness (QED) is 0.0257. The largest absolute Gasteiger partial charge is 0.458 e. The molecule has 75 heavy (non-hydrogen) atoms. The number of fused-ring (bicyclic) bond motifs is 1. The number of nitrogen functional groups attached to an aromatic ring is 1. The number of amides is 3. The van der Waals surface area contributed by atoms with E-state index in [1.165, 1.54) is 6.20 Å². The number of aromatic nitrogens is 4. The van der Waals surface area contributed by atoms with Crippen LogP contribution in [0.1, 0.15) is 56.1 Å². The first-order chi connectivity index (χ1) is 36.2. The van der Waals surface area contributed by atoms with E-state index in [1.54, 1.807) is 45.0 Å². The summed E-state index contributed by atoms with van der Waals surface area (Å²) in [6.45, 7) is 9.56. The van der Waals surface area contributed by atoms with Gasteiger partial charge in [0.15, 0.2) is 11.2 Å². The lowest BCUT2D eigenvalue weighted by Crippen LogP contribution is -2.58. The van der Waals surface area contributed by atoms with E-state index in [0.717, 1.165) is 0 Å². The molecule has 0 saturated heterocycles. The van der Waals surface area contributed by atoms with Crippen molar-refractivity contribution >= 4 is 46.5 Å². The van der Waals surface area contributed by atoms with E-state index in [0.29, 0.717) is 70.8 Å². The molecule has 0 saturated carbocycles. The molecule has 0 aliphatic carbocycles. The summed E-state index contributed by atoms with van der Waals surface area (Å²) in [6, 6.07) is 5.40. The Hall–Kier alpha value is -6.76. The average Bonchev–Trinajstić information content (AvgIpc) is 3.37. The third kappa shape index (κ3) is 27.4. The van der Waals surface area contributed by atoms with Gasteiger partial charge in [0, 0.05) is 30.6 Å². The Labute approximate surface area is 437 Å². The number of aromatic amines is 1. The number of esters is 1. The fraction of sp³-hybridized carbons (Fsp3) is 0.569. The van der Waals surface area contributed by atoms with Gasteiger partial charge in [-0.15, -0.1) is 19.3 Å². The van der Waals surface area contributed by atoms with Gasteiger partial charge in [0.2, 0.25) is 17.8 Å². The molecular weight excluding hydrogens is 979 g/mol. The molecule has 2 aromatic heterocycles. The maximum atomic E-state index is 13.2. The van der Waals surface area contributed by atoms with Crippen molar-refractivity contribution in [2.24, 2.45) is 0 Å². The highest BCUT2D eigenvalue weighted by atomic mass is 16.6. The molecule has 2 heterocycles. The summed E-state index contributed by atoms with van der Waals surface area (Å²) in [5.41, 5.74) is 4.77. The summed E-state index contributed by atoms with van der Waals surface area (Å²) in [5.74, 6) is 5.24. The predicted octanol–water partition coefficient (Wildman–Crippen LogP) is 0.538. The van der Waals surface area contributed by atoms with Crippen molar-refractivity contribution in [1.82, 2.24) is 35.9 Å². The molecule has 24 heteroatoms. The van der Waals surface area contributed by atoms with Crippen LogP contribution in [-0.2, 0) is 68.3 Å². The predicted molar refractivity (Wildman–Crippen MR) is 275 cm³/mol. The van der Waals surface area contributed by atoms with Gasteiger partial charge in [-0.3, -0.25) is 24.2 Å². The third-order valence-electron chi connectivity index (χ3n) is 9.76. The SMILES string of the molecule is C#CCOCC(COCC#C)(COCC#C)NC(=O)CCOCCOCCOCCOCCOCCOCCNC(=O)CC[C@H](NC(=O)c1ccc(NCc2cnc3nc(N)[nH]c(=O)c3n2)cc1)C(=O)OC(C)(C)C. The third-order valence-corrected chi connectivity index (χ3v) is 9.76. The monoisotopic (exact) mass is 1050 g/mol. The summed E-state index contributed by atoms with van der Waals surface area (Å²) in [5, 5.41) is 11.5. The minimum atomic E-state index is -1.09. The fourth-order valence-electron chi connectivity index (χ4n) is 6.35. The van der Waals surface area contributed by atoms with Crippen LogP contribution < -0.4 is 32.6 Å². The van der Waals surface area contributed by atoms with E-state index in [2.05, 4.69) is 59.0 Å². The molecular formula is C51H71N9O15. The van der Waals surface area contributed by atoms with Crippen LogP contribution in [0.4, 0.5) is 11.6 Å². The van der Waals surface area contributed by atoms with Gasteiger partial charge in [-0.2, -0.15) is 4.98 Å². The maximum absolute atomic E-state index is 13.2. The van der Waals surface area contributed by atoms with Crippen LogP contribution in [0, 0.1) is 37.0 Å². The summed E-state index contributed by atoms with van der Waals surface area (Å²) in [7, 11) is 0. The van der Waals surface area contributed by atoms with Gasteiger partial charge in [0.05, 0.1) is 118 Å². The Kier molecular flexibility index (Phi) is 30.2. The summed E-state index contributed by atoms with van der Waals surface area (Å²) in [6.07, 6.45) is 17.4. The molecule has 0 fully saturated rings. The molecule has 1 atom stereocenters. The zero-order chi connectivity index (χ0) is 54.6. The average molecular weight is 1050 g/mol. The molecule has 7 N–H and O–H groups in total. The van der Waals surface area contributed by atoms with E-state index >= 15 is 0 Å². The number of anilines is 2. The second-order valence-corrected chi connectivity index (χ2v) is 17.2. The number of hydrogen-bond acceptors (Lipinski definition) is 20. The van der Waals surface area contributed by atoms with Gasteiger partial charge < -0.3 is 74.4 Å². The van der Waals surface area contributed by atoms with Gasteiger partial charge in [-0.05, 0) is 51.5 Å². The Balaban J connectivity index is 1.19. The molecule has 1 aromatic carbocycles. The molecule has 410 valence electrons. The van der Waals surface area contributed by atoms with Crippen molar-refractivity contribution in [2.75, 3.05) is 137 Å². The number of H-pyrrole nitrogens is 1. The molecule has 0 unspecified atom stereocenters. The van der Waals surface area contributed by atoms with Crippen molar-refractivity contribution in [3.05, 3.63) is 52.1 Å².